The van der Waals surface area contributed by atoms with Crippen molar-refractivity contribution in [2.45, 2.75) is 6.92 Å². The van der Waals surface area contributed by atoms with E-state index in [-0.39, 0.29) is 16.5 Å². The number of para-hydroxylation sites is 1. The summed E-state index contributed by atoms with van der Waals surface area (Å²) in [6, 6.07) is 9.67. The van der Waals surface area contributed by atoms with Crippen LogP contribution in [-0.2, 0) is 0 Å². The Morgan fingerprint density at radius 2 is 2.04 bits per heavy atom. The van der Waals surface area contributed by atoms with Gasteiger partial charge in [0.1, 0.15) is 5.56 Å². The zero-order valence-electron chi connectivity index (χ0n) is 12.4. The van der Waals surface area contributed by atoms with Gasteiger partial charge < -0.3 is 4.90 Å². The standard InChI is InChI=1S/C17H14FN3O2/c1-2-20(12-6-5-9-19-10-12)17(23)14-11-21(18)15-8-4-3-7-13(15)16(14)22/h3-11H,2H2,1H3. The summed E-state index contributed by atoms with van der Waals surface area (Å²) in [7, 11) is 0. The summed E-state index contributed by atoms with van der Waals surface area (Å²) in [5.74, 6) is -0.553. The van der Waals surface area contributed by atoms with Gasteiger partial charge in [0.05, 0.1) is 23.6 Å². The van der Waals surface area contributed by atoms with Crippen LogP contribution in [0.4, 0.5) is 10.2 Å². The van der Waals surface area contributed by atoms with Crippen LogP contribution >= 0.6 is 0 Å². The SMILES string of the molecule is CCN(C(=O)c1cn(F)c2ccccc2c1=O)c1cccnc1. The Labute approximate surface area is 131 Å². The molecule has 0 N–H and O–H groups in total. The maximum absolute atomic E-state index is 14.2. The van der Waals surface area contributed by atoms with Crippen LogP contribution in [-0.4, -0.2) is 22.2 Å². The lowest BCUT2D eigenvalue weighted by Crippen LogP contribution is -2.34. The van der Waals surface area contributed by atoms with Crippen LogP contribution in [0.15, 0.2) is 59.8 Å². The molecule has 0 radical (unpaired) electrons. The van der Waals surface area contributed by atoms with Crippen molar-refractivity contribution in [3.8, 4) is 0 Å². The quantitative estimate of drug-likeness (QED) is 0.747. The van der Waals surface area contributed by atoms with Crippen LogP contribution < -0.4 is 10.3 Å². The van der Waals surface area contributed by atoms with Gasteiger partial charge in [-0.3, -0.25) is 14.6 Å². The number of rotatable bonds is 3. The topological polar surface area (TPSA) is 55.2 Å². The van der Waals surface area contributed by atoms with Gasteiger partial charge in [-0.1, -0.05) is 16.6 Å². The molecule has 1 aromatic carbocycles. The van der Waals surface area contributed by atoms with E-state index in [1.807, 2.05) is 0 Å². The number of pyridine rings is 2. The Balaban J connectivity index is 2.14. The largest absolute Gasteiger partial charge is 0.307 e. The summed E-state index contributed by atoms with van der Waals surface area (Å²) in [4.78, 5) is 30.9. The Bertz CT molecular complexity index is 922. The highest BCUT2D eigenvalue weighted by Crippen LogP contribution is 2.17. The highest BCUT2D eigenvalue weighted by Gasteiger charge is 2.21. The number of carbonyl (C=O) groups excluding carboxylic acids is 1. The first kappa shape index (κ1) is 14.9. The summed E-state index contributed by atoms with van der Waals surface area (Å²) in [6.07, 6.45) is 4.05. The highest BCUT2D eigenvalue weighted by molar-refractivity contribution is 6.07. The number of benzene rings is 1. The van der Waals surface area contributed by atoms with E-state index in [2.05, 4.69) is 4.98 Å². The fourth-order valence-electron chi connectivity index (χ4n) is 2.49. The molecule has 0 saturated heterocycles. The molecule has 3 rings (SSSR count). The van der Waals surface area contributed by atoms with Crippen LogP contribution in [0.25, 0.3) is 10.9 Å². The third-order valence-corrected chi connectivity index (χ3v) is 3.62. The lowest BCUT2D eigenvalue weighted by Gasteiger charge is -2.20. The fraction of sp³-hybridized carbons (Fsp3) is 0.118. The van der Waals surface area contributed by atoms with Gasteiger partial charge in [0, 0.05) is 18.1 Å². The molecule has 0 atom stereocenters. The first-order valence-electron chi connectivity index (χ1n) is 7.16. The van der Waals surface area contributed by atoms with E-state index in [4.69, 9.17) is 0 Å². The molecule has 6 heteroatoms. The minimum atomic E-state index is -0.553. The van der Waals surface area contributed by atoms with Crippen LogP contribution in [0.2, 0.25) is 0 Å². The molecule has 0 unspecified atom stereocenters. The zero-order chi connectivity index (χ0) is 16.4. The van der Waals surface area contributed by atoms with Crippen molar-refractivity contribution in [1.82, 2.24) is 9.77 Å². The smallest absolute Gasteiger partial charge is 0.263 e. The molecule has 5 nitrogen and oxygen atoms in total. The predicted octanol–water partition coefficient (Wildman–Crippen LogP) is 2.80. The molecule has 0 aliphatic carbocycles. The molecule has 2 heterocycles. The van der Waals surface area contributed by atoms with Crippen LogP contribution in [0, 0.1) is 0 Å². The van der Waals surface area contributed by atoms with Crippen molar-refractivity contribution >= 4 is 22.5 Å². The average Bonchev–Trinajstić information content (AvgIpc) is 2.59. The normalized spacial score (nSPS) is 10.7. The molecule has 0 saturated carbocycles. The second-order valence-electron chi connectivity index (χ2n) is 4.96. The molecule has 0 fully saturated rings. The Hall–Kier alpha value is -3.02. The zero-order valence-corrected chi connectivity index (χ0v) is 12.4. The first-order valence-corrected chi connectivity index (χ1v) is 7.16. The summed E-state index contributed by atoms with van der Waals surface area (Å²) in [5.41, 5.74) is -0.00446. The molecular formula is C17H14FN3O2. The number of hydrogen-bond donors (Lipinski definition) is 0. The predicted molar refractivity (Wildman–Crippen MR) is 86.3 cm³/mol. The van der Waals surface area contributed by atoms with Gasteiger partial charge in [0.25, 0.3) is 5.91 Å². The average molecular weight is 311 g/mol. The second-order valence-corrected chi connectivity index (χ2v) is 4.96. The van der Waals surface area contributed by atoms with Gasteiger partial charge in [-0.2, -0.15) is 4.79 Å². The van der Waals surface area contributed by atoms with Crippen LogP contribution in [0.1, 0.15) is 17.3 Å². The molecule has 1 amide bonds. The lowest BCUT2D eigenvalue weighted by molar-refractivity contribution is 0.0985. The van der Waals surface area contributed by atoms with Crippen molar-refractivity contribution in [2.24, 2.45) is 0 Å². The van der Waals surface area contributed by atoms with Gasteiger partial charge in [-0.15, -0.1) is 0 Å². The minimum Gasteiger partial charge on any atom is -0.307 e. The van der Waals surface area contributed by atoms with E-state index >= 15 is 0 Å². The number of fused-ring (bicyclic) bond motifs is 1. The molecule has 0 aliphatic heterocycles. The number of nitrogens with zero attached hydrogens (tertiary/aromatic N) is 3. The molecule has 116 valence electrons. The Morgan fingerprint density at radius 1 is 1.26 bits per heavy atom. The number of carbonyl (C=O) groups is 1. The Kier molecular flexibility index (Phi) is 3.89. The summed E-state index contributed by atoms with van der Waals surface area (Å²) < 4.78 is 14.2. The molecule has 23 heavy (non-hydrogen) atoms. The third-order valence-electron chi connectivity index (χ3n) is 3.62. The molecule has 0 aliphatic rings. The van der Waals surface area contributed by atoms with E-state index in [9.17, 15) is 14.1 Å². The molecule has 3 aromatic rings. The third kappa shape index (κ3) is 2.59. The van der Waals surface area contributed by atoms with Gasteiger partial charge in [0.2, 0.25) is 5.43 Å². The van der Waals surface area contributed by atoms with E-state index < -0.39 is 11.3 Å². The maximum Gasteiger partial charge on any atom is 0.263 e. The lowest BCUT2D eigenvalue weighted by atomic mass is 10.1. The van der Waals surface area contributed by atoms with Crippen LogP contribution in [0.3, 0.4) is 0 Å². The number of anilines is 1. The van der Waals surface area contributed by atoms with E-state index in [1.54, 1.807) is 37.4 Å². The second kappa shape index (κ2) is 6.00. The number of hydrogen-bond acceptors (Lipinski definition) is 3. The van der Waals surface area contributed by atoms with E-state index in [0.717, 1.165) is 6.20 Å². The fourth-order valence-corrected chi connectivity index (χ4v) is 2.49. The summed E-state index contributed by atoms with van der Waals surface area (Å²) in [6.45, 7) is 2.11. The highest BCUT2D eigenvalue weighted by atomic mass is 19.2. The monoisotopic (exact) mass is 311 g/mol. The Morgan fingerprint density at radius 3 is 2.74 bits per heavy atom. The number of aromatic nitrogens is 2. The number of amides is 1. The van der Waals surface area contributed by atoms with Gasteiger partial charge in [-0.25, -0.2) is 0 Å². The van der Waals surface area contributed by atoms with Crippen molar-refractivity contribution in [3.05, 3.63) is 70.8 Å². The maximum atomic E-state index is 14.2. The van der Waals surface area contributed by atoms with Crippen molar-refractivity contribution < 1.29 is 9.28 Å². The van der Waals surface area contributed by atoms with Gasteiger partial charge >= 0.3 is 0 Å². The van der Waals surface area contributed by atoms with E-state index in [1.165, 1.54) is 23.2 Å². The van der Waals surface area contributed by atoms with Gasteiger partial charge in [0.15, 0.2) is 0 Å². The number of halogens is 1. The molecule has 0 bridgehead atoms. The first-order chi connectivity index (χ1) is 11.1. The van der Waals surface area contributed by atoms with E-state index in [0.29, 0.717) is 17.0 Å². The summed E-state index contributed by atoms with van der Waals surface area (Å²) >= 11 is 0. The van der Waals surface area contributed by atoms with Crippen molar-refractivity contribution in [2.75, 3.05) is 11.4 Å². The molecular weight excluding hydrogens is 297 g/mol. The molecule has 0 spiro atoms. The van der Waals surface area contributed by atoms with Crippen molar-refractivity contribution in [1.29, 1.82) is 0 Å². The summed E-state index contributed by atoms with van der Waals surface area (Å²) in [5, 5.41) is 0.170. The van der Waals surface area contributed by atoms with Crippen LogP contribution in [0.5, 0.6) is 0 Å². The molecule has 2 aromatic heterocycles. The van der Waals surface area contributed by atoms with Gasteiger partial charge in [-0.05, 0) is 31.2 Å². The van der Waals surface area contributed by atoms with Crippen molar-refractivity contribution in [3.63, 3.8) is 0 Å². The minimum absolute atomic E-state index is 0.137.